The molecular weight excluding hydrogens is 322 g/mol. The zero-order valence-electron chi connectivity index (χ0n) is 13.7. The first kappa shape index (κ1) is 17.1. The van der Waals surface area contributed by atoms with Crippen LogP contribution in [0.1, 0.15) is 16.3 Å². The number of aryl methyl sites for hydroxylation is 2. The summed E-state index contributed by atoms with van der Waals surface area (Å²) in [7, 11) is 0. The quantitative estimate of drug-likeness (QED) is 0.863. The highest BCUT2D eigenvalue weighted by Crippen LogP contribution is 2.15. The van der Waals surface area contributed by atoms with Gasteiger partial charge in [-0.1, -0.05) is 30.3 Å². The molecule has 0 radical (unpaired) electrons. The van der Waals surface area contributed by atoms with Crippen molar-refractivity contribution in [1.82, 2.24) is 14.8 Å². The van der Waals surface area contributed by atoms with Crippen molar-refractivity contribution in [3.8, 4) is 0 Å². The van der Waals surface area contributed by atoms with E-state index in [2.05, 4.69) is 34.5 Å². The summed E-state index contributed by atoms with van der Waals surface area (Å²) in [6.07, 6.45) is 2.00. The minimum Gasteiger partial charge on any atom is -0.387 e. The van der Waals surface area contributed by atoms with Crippen molar-refractivity contribution >= 4 is 17.2 Å². The molecule has 1 aliphatic heterocycles. The van der Waals surface area contributed by atoms with E-state index in [0.717, 1.165) is 38.2 Å². The molecule has 24 heavy (non-hydrogen) atoms. The summed E-state index contributed by atoms with van der Waals surface area (Å²) in [5, 5.41) is 12.2. The van der Waals surface area contributed by atoms with Crippen LogP contribution >= 0.6 is 11.3 Å². The van der Waals surface area contributed by atoms with E-state index >= 15 is 0 Å². The summed E-state index contributed by atoms with van der Waals surface area (Å²) in [5.41, 5.74) is 2.46. The molecule has 128 valence electrons. The maximum atomic E-state index is 11.5. The maximum absolute atomic E-state index is 11.5. The third kappa shape index (κ3) is 4.63. The van der Waals surface area contributed by atoms with Crippen molar-refractivity contribution in [3.05, 3.63) is 52.0 Å². The lowest BCUT2D eigenvalue weighted by molar-refractivity contribution is -0.136. The van der Waals surface area contributed by atoms with E-state index in [1.807, 2.05) is 6.07 Å². The Bertz CT molecular complexity index is 651. The lowest BCUT2D eigenvalue weighted by atomic mass is 10.1. The predicted octanol–water partition coefficient (Wildman–Crippen LogP) is 1.56. The summed E-state index contributed by atoms with van der Waals surface area (Å²) in [5.74, 6) is -0.175. The number of amides is 1. The number of nitrogens with zero attached hydrogens (tertiary/aromatic N) is 3. The van der Waals surface area contributed by atoms with Gasteiger partial charge in [-0.05, 0) is 12.0 Å². The molecular formula is C18H23N3O2S. The Labute approximate surface area is 146 Å². The van der Waals surface area contributed by atoms with Crippen molar-refractivity contribution in [2.24, 2.45) is 0 Å². The number of thiazole rings is 1. The number of rotatable bonds is 6. The summed E-state index contributed by atoms with van der Waals surface area (Å²) in [6.45, 7) is 3.49. The Balaban J connectivity index is 1.45. The fourth-order valence-corrected chi connectivity index (χ4v) is 3.71. The van der Waals surface area contributed by atoms with Crippen LogP contribution in [0.2, 0.25) is 0 Å². The van der Waals surface area contributed by atoms with E-state index in [1.165, 1.54) is 10.6 Å². The minimum atomic E-state index is -0.392. The van der Waals surface area contributed by atoms with Gasteiger partial charge in [0.2, 0.25) is 5.91 Å². The second-order valence-electron chi connectivity index (χ2n) is 6.03. The summed E-state index contributed by atoms with van der Waals surface area (Å²) >= 11 is 1.73. The van der Waals surface area contributed by atoms with E-state index in [-0.39, 0.29) is 5.91 Å². The van der Waals surface area contributed by atoms with Gasteiger partial charge in [0.15, 0.2) is 0 Å². The molecule has 2 aromatic rings. The van der Waals surface area contributed by atoms with E-state index in [4.69, 9.17) is 10.1 Å². The number of carbonyl (C=O) groups excluding carboxylic acids is 1. The van der Waals surface area contributed by atoms with Crippen LogP contribution < -0.4 is 0 Å². The van der Waals surface area contributed by atoms with Crippen LogP contribution in [0.25, 0.3) is 0 Å². The monoisotopic (exact) mass is 345 g/mol. The molecule has 0 aliphatic carbocycles. The molecule has 1 aromatic heterocycles. The predicted molar refractivity (Wildman–Crippen MR) is 94.9 cm³/mol. The van der Waals surface area contributed by atoms with Crippen LogP contribution in [0.3, 0.4) is 0 Å². The van der Waals surface area contributed by atoms with Gasteiger partial charge in [0.05, 0.1) is 10.7 Å². The Morgan fingerprint density at radius 2 is 1.88 bits per heavy atom. The van der Waals surface area contributed by atoms with Crippen LogP contribution in [0.15, 0.2) is 35.7 Å². The van der Waals surface area contributed by atoms with E-state index in [0.29, 0.717) is 13.1 Å². The average molecular weight is 345 g/mol. The highest BCUT2D eigenvalue weighted by atomic mass is 32.1. The second kappa shape index (κ2) is 8.37. The van der Waals surface area contributed by atoms with Crippen molar-refractivity contribution in [2.75, 3.05) is 32.8 Å². The highest BCUT2D eigenvalue weighted by molar-refractivity contribution is 7.09. The van der Waals surface area contributed by atoms with Crippen LogP contribution in [-0.2, 0) is 24.2 Å². The highest BCUT2D eigenvalue weighted by Gasteiger charge is 2.20. The Kier molecular flexibility index (Phi) is 5.96. The smallest absolute Gasteiger partial charge is 0.248 e. The average Bonchev–Trinajstić information content (AvgIpc) is 3.08. The number of aliphatic hydroxyl groups is 1. The van der Waals surface area contributed by atoms with Crippen LogP contribution in [0.4, 0.5) is 0 Å². The van der Waals surface area contributed by atoms with E-state index in [9.17, 15) is 4.79 Å². The molecule has 3 rings (SSSR count). The first-order valence-corrected chi connectivity index (χ1v) is 9.21. The third-order valence-corrected chi connectivity index (χ3v) is 5.27. The van der Waals surface area contributed by atoms with Crippen molar-refractivity contribution in [1.29, 1.82) is 0 Å². The molecule has 0 atom stereocenters. The number of aliphatic hydroxyl groups excluding tert-OH is 1. The molecule has 2 heterocycles. The number of hydrogen-bond acceptors (Lipinski definition) is 5. The number of aromatic nitrogens is 1. The molecule has 1 amide bonds. The number of hydrogen-bond donors (Lipinski definition) is 1. The van der Waals surface area contributed by atoms with Crippen molar-refractivity contribution in [2.45, 2.75) is 19.4 Å². The van der Waals surface area contributed by atoms with Gasteiger partial charge in [-0.25, -0.2) is 4.98 Å². The largest absolute Gasteiger partial charge is 0.387 e. The van der Waals surface area contributed by atoms with Gasteiger partial charge in [-0.3, -0.25) is 9.69 Å². The molecule has 5 nitrogen and oxygen atoms in total. The molecule has 0 unspecified atom stereocenters. The Hall–Kier alpha value is -1.76. The lowest BCUT2D eigenvalue weighted by Crippen LogP contribution is -2.49. The van der Waals surface area contributed by atoms with Gasteiger partial charge >= 0.3 is 0 Å². The van der Waals surface area contributed by atoms with Crippen LogP contribution in [0.5, 0.6) is 0 Å². The molecule has 1 aromatic carbocycles. The fourth-order valence-electron chi connectivity index (χ4n) is 2.92. The standard InChI is InChI=1S/C18H23N3O2S/c22-13-18(23)21-10-8-20(9-11-21)12-16-14-24-17(19-16)7-6-15-4-2-1-3-5-15/h1-5,14,22H,6-13H2. The zero-order chi connectivity index (χ0) is 16.8. The van der Waals surface area contributed by atoms with Crippen LogP contribution in [0, 0.1) is 0 Å². The summed E-state index contributed by atoms with van der Waals surface area (Å²) in [6, 6.07) is 10.5. The van der Waals surface area contributed by atoms with Gasteiger partial charge in [0, 0.05) is 44.5 Å². The van der Waals surface area contributed by atoms with Crippen molar-refractivity contribution < 1.29 is 9.90 Å². The molecule has 1 N–H and O–H groups in total. The minimum absolute atomic E-state index is 0.175. The maximum Gasteiger partial charge on any atom is 0.248 e. The van der Waals surface area contributed by atoms with Crippen LogP contribution in [-0.4, -0.2) is 58.6 Å². The molecule has 1 aliphatic rings. The SMILES string of the molecule is O=C(CO)N1CCN(Cc2csc(CCc3ccccc3)n2)CC1. The number of piperazine rings is 1. The third-order valence-electron chi connectivity index (χ3n) is 4.32. The number of carbonyl (C=O) groups is 1. The molecule has 0 bridgehead atoms. The van der Waals surface area contributed by atoms with Crippen molar-refractivity contribution in [3.63, 3.8) is 0 Å². The molecule has 1 fully saturated rings. The zero-order valence-corrected chi connectivity index (χ0v) is 14.5. The lowest BCUT2D eigenvalue weighted by Gasteiger charge is -2.34. The Morgan fingerprint density at radius 3 is 2.58 bits per heavy atom. The topological polar surface area (TPSA) is 56.7 Å². The normalized spacial score (nSPS) is 15.6. The fraction of sp³-hybridized carbons (Fsp3) is 0.444. The van der Waals surface area contributed by atoms with Gasteiger partial charge in [-0.2, -0.15) is 0 Å². The molecule has 0 spiro atoms. The first-order valence-electron chi connectivity index (χ1n) is 8.33. The van der Waals surface area contributed by atoms with Gasteiger partial charge < -0.3 is 10.0 Å². The van der Waals surface area contributed by atoms with E-state index < -0.39 is 6.61 Å². The van der Waals surface area contributed by atoms with Gasteiger partial charge in [0.25, 0.3) is 0 Å². The Morgan fingerprint density at radius 1 is 1.12 bits per heavy atom. The molecule has 0 saturated carbocycles. The van der Waals surface area contributed by atoms with E-state index in [1.54, 1.807) is 16.2 Å². The van der Waals surface area contributed by atoms with Gasteiger partial charge in [0.1, 0.15) is 6.61 Å². The molecule has 1 saturated heterocycles. The summed E-state index contributed by atoms with van der Waals surface area (Å²) < 4.78 is 0. The second-order valence-corrected chi connectivity index (χ2v) is 6.98. The first-order chi connectivity index (χ1) is 11.7. The van der Waals surface area contributed by atoms with Gasteiger partial charge in [-0.15, -0.1) is 11.3 Å². The number of benzene rings is 1. The molecule has 6 heteroatoms. The summed E-state index contributed by atoms with van der Waals surface area (Å²) in [4.78, 5) is 20.3.